The van der Waals surface area contributed by atoms with Crippen LogP contribution in [0.2, 0.25) is 5.02 Å². The Bertz CT molecular complexity index is 365. The molecule has 0 spiro atoms. The van der Waals surface area contributed by atoms with Gasteiger partial charge in [0, 0.05) is 24.0 Å². The second-order valence-electron chi connectivity index (χ2n) is 3.79. The van der Waals surface area contributed by atoms with Crippen molar-refractivity contribution in [3.05, 3.63) is 34.3 Å². The Kier molecular flexibility index (Phi) is 4.68. The predicted molar refractivity (Wildman–Crippen MR) is 65.9 cm³/mol. The zero-order valence-corrected chi connectivity index (χ0v) is 9.93. The Morgan fingerprint density at radius 3 is 2.87 bits per heavy atom. The third kappa shape index (κ3) is 3.95. The van der Waals surface area contributed by atoms with E-state index in [9.17, 15) is 0 Å². The van der Waals surface area contributed by atoms with Crippen LogP contribution in [0.25, 0.3) is 0 Å². The van der Waals surface area contributed by atoms with Crippen molar-refractivity contribution < 1.29 is 0 Å². The van der Waals surface area contributed by atoms with Crippen LogP contribution in [0.4, 0.5) is 0 Å². The summed E-state index contributed by atoms with van der Waals surface area (Å²) < 4.78 is 0. The summed E-state index contributed by atoms with van der Waals surface area (Å²) in [7, 11) is 0. The van der Waals surface area contributed by atoms with Gasteiger partial charge in [0.15, 0.2) is 0 Å². The van der Waals surface area contributed by atoms with E-state index in [0.29, 0.717) is 6.04 Å². The molecule has 0 heterocycles. The molecule has 1 unspecified atom stereocenters. The number of halogens is 1. The molecule has 0 aliphatic heterocycles. The third-order valence-corrected chi connectivity index (χ3v) is 2.63. The number of nitrogens with one attached hydrogen (secondary N) is 1. The number of terminal acetylenes is 1. The van der Waals surface area contributed by atoms with Gasteiger partial charge < -0.3 is 5.32 Å². The molecule has 0 saturated carbocycles. The van der Waals surface area contributed by atoms with Crippen molar-refractivity contribution in [3.8, 4) is 12.3 Å². The molecule has 0 amide bonds. The summed E-state index contributed by atoms with van der Waals surface area (Å²) in [6.07, 6.45) is 5.97. The van der Waals surface area contributed by atoms with Gasteiger partial charge in [-0.05, 0) is 31.0 Å². The lowest BCUT2D eigenvalue weighted by molar-refractivity contribution is 0.559. The second kappa shape index (κ2) is 5.80. The molecule has 0 aliphatic carbocycles. The van der Waals surface area contributed by atoms with Crippen molar-refractivity contribution in [2.75, 3.05) is 0 Å². The summed E-state index contributed by atoms with van der Waals surface area (Å²) in [5.41, 5.74) is 2.30. The average Bonchev–Trinajstić information content (AvgIpc) is 2.17. The highest BCUT2D eigenvalue weighted by Gasteiger charge is 2.02. The van der Waals surface area contributed by atoms with Gasteiger partial charge in [0.05, 0.1) is 0 Å². The lowest BCUT2D eigenvalue weighted by atomic mass is 10.1. The molecule has 0 bridgehead atoms. The largest absolute Gasteiger partial charge is 0.309 e. The number of benzene rings is 1. The van der Waals surface area contributed by atoms with Crippen LogP contribution >= 0.6 is 11.6 Å². The fourth-order valence-electron chi connectivity index (χ4n) is 1.33. The highest BCUT2D eigenvalue weighted by molar-refractivity contribution is 6.31. The highest BCUT2D eigenvalue weighted by Crippen LogP contribution is 2.17. The minimum Gasteiger partial charge on any atom is -0.309 e. The normalized spacial score (nSPS) is 12.1. The first-order chi connectivity index (χ1) is 7.13. The molecular formula is C13H16ClN. The maximum absolute atomic E-state index is 6.11. The maximum Gasteiger partial charge on any atom is 0.0453 e. The molecule has 2 heteroatoms. The van der Waals surface area contributed by atoms with Crippen molar-refractivity contribution in [3.63, 3.8) is 0 Å². The van der Waals surface area contributed by atoms with Crippen LogP contribution in [0.3, 0.4) is 0 Å². The second-order valence-corrected chi connectivity index (χ2v) is 4.19. The van der Waals surface area contributed by atoms with Crippen LogP contribution in [-0.4, -0.2) is 6.04 Å². The molecule has 15 heavy (non-hydrogen) atoms. The molecule has 0 fully saturated rings. The van der Waals surface area contributed by atoms with Gasteiger partial charge in [0.1, 0.15) is 0 Å². The van der Waals surface area contributed by atoms with Crippen molar-refractivity contribution in [2.24, 2.45) is 0 Å². The monoisotopic (exact) mass is 221 g/mol. The number of aryl methyl sites for hydroxylation is 1. The smallest absolute Gasteiger partial charge is 0.0453 e. The maximum atomic E-state index is 6.11. The minimum absolute atomic E-state index is 0.326. The van der Waals surface area contributed by atoms with Crippen molar-refractivity contribution in [2.45, 2.75) is 32.9 Å². The van der Waals surface area contributed by atoms with Gasteiger partial charge in [-0.25, -0.2) is 0 Å². The number of hydrogen-bond acceptors (Lipinski definition) is 1. The summed E-state index contributed by atoms with van der Waals surface area (Å²) >= 11 is 6.11. The van der Waals surface area contributed by atoms with E-state index in [4.69, 9.17) is 18.0 Å². The molecule has 1 nitrogen and oxygen atoms in total. The summed E-state index contributed by atoms with van der Waals surface area (Å²) in [5, 5.41) is 4.15. The fourth-order valence-corrected chi connectivity index (χ4v) is 1.63. The number of rotatable bonds is 4. The van der Waals surface area contributed by atoms with E-state index in [2.05, 4.69) is 24.2 Å². The Morgan fingerprint density at radius 1 is 1.53 bits per heavy atom. The first-order valence-corrected chi connectivity index (χ1v) is 5.43. The van der Waals surface area contributed by atoms with Crippen LogP contribution in [0.5, 0.6) is 0 Å². The highest BCUT2D eigenvalue weighted by atomic mass is 35.5. The summed E-state index contributed by atoms with van der Waals surface area (Å²) in [6.45, 7) is 4.87. The molecule has 1 aromatic carbocycles. The molecule has 0 radical (unpaired) electrons. The zero-order chi connectivity index (χ0) is 11.3. The summed E-state index contributed by atoms with van der Waals surface area (Å²) in [6, 6.07) is 6.42. The molecule has 1 rings (SSSR count). The van der Waals surface area contributed by atoms with Crippen molar-refractivity contribution in [1.82, 2.24) is 5.32 Å². The molecule has 0 aromatic heterocycles. The average molecular weight is 222 g/mol. The summed E-state index contributed by atoms with van der Waals surface area (Å²) in [4.78, 5) is 0. The van der Waals surface area contributed by atoms with E-state index in [0.717, 1.165) is 23.6 Å². The number of hydrogen-bond donors (Lipinski definition) is 1. The molecule has 1 N–H and O–H groups in total. The van der Waals surface area contributed by atoms with Gasteiger partial charge in [0.2, 0.25) is 0 Å². The van der Waals surface area contributed by atoms with Gasteiger partial charge in [-0.15, -0.1) is 12.3 Å². The van der Waals surface area contributed by atoms with Crippen LogP contribution in [0.15, 0.2) is 18.2 Å². The molecule has 0 saturated heterocycles. The van der Waals surface area contributed by atoms with E-state index in [-0.39, 0.29) is 0 Å². The van der Waals surface area contributed by atoms with E-state index in [1.165, 1.54) is 5.56 Å². The zero-order valence-electron chi connectivity index (χ0n) is 9.18. The van der Waals surface area contributed by atoms with Gasteiger partial charge in [-0.1, -0.05) is 23.7 Å². The quantitative estimate of drug-likeness (QED) is 0.771. The van der Waals surface area contributed by atoms with Gasteiger partial charge in [-0.3, -0.25) is 0 Å². The lowest BCUT2D eigenvalue weighted by Crippen LogP contribution is -2.24. The molecular weight excluding hydrogens is 206 g/mol. The molecule has 1 aromatic rings. The first kappa shape index (κ1) is 12.1. The van der Waals surface area contributed by atoms with E-state index < -0.39 is 0 Å². The first-order valence-electron chi connectivity index (χ1n) is 5.05. The molecule has 80 valence electrons. The van der Waals surface area contributed by atoms with Crippen molar-refractivity contribution in [1.29, 1.82) is 0 Å². The molecule has 0 aliphatic rings. The van der Waals surface area contributed by atoms with E-state index in [1.807, 2.05) is 19.1 Å². The lowest BCUT2D eigenvalue weighted by Gasteiger charge is -2.12. The summed E-state index contributed by atoms with van der Waals surface area (Å²) in [5.74, 6) is 2.63. The Labute approximate surface area is 96.8 Å². The van der Waals surface area contributed by atoms with Gasteiger partial charge >= 0.3 is 0 Å². The van der Waals surface area contributed by atoms with Gasteiger partial charge in [-0.2, -0.15) is 0 Å². The topological polar surface area (TPSA) is 12.0 Å². The van der Waals surface area contributed by atoms with E-state index >= 15 is 0 Å². The minimum atomic E-state index is 0.326. The third-order valence-electron chi connectivity index (χ3n) is 2.27. The fraction of sp³-hybridized carbons (Fsp3) is 0.385. The van der Waals surface area contributed by atoms with E-state index in [1.54, 1.807) is 0 Å². The Morgan fingerprint density at radius 2 is 2.27 bits per heavy atom. The van der Waals surface area contributed by atoms with Crippen LogP contribution < -0.4 is 5.32 Å². The SMILES string of the molecule is C#CCC(C)NCc1ccc(C)cc1Cl. The Balaban J connectivity index is 2.55. The van der Waals surface area contributed by atoms with Crippen LogP contribution in [0.1, 0.15) is 24.5 Å². The predicted octanol–water partition coefficient (Wildman–Crippen LogP) is 3.15. The molecule has 1 atom stereocenters. The van der Waals surface area contributed by atoms with Crippen LogP contribution in [0, 0.1) is 19.3 Å². The van der Waals surface area contributed by atoms with Crippen molar-refractivity contribution >= 4 is 11.6 Å². The standard InChI is InChI=1S/C13H16ClN/c1-4-5-11(3)15-9-12-7-6-10(2)8-13(12)14/h1,6-8,11,15H,5,9H2,2-3H3. The van der Waals surface area contributed by atoms with Crippen LogP contribution in [-0.2, 0) is 6.54 Å². The van der Waals surface area contributed by atoms with Gasteiger partial charge in [0.25, 0.3) is 0 Å². The Hall–Kier alpha value is -0.970.